The van der Waals surface area contributed by atoms with Crippen LogP contribution in [0.2, 0.25) is 0 Å². The number of pyridine rings is 1. The lowest BCUT2D eigenvalue weighted by Gasteiger charge is -2.04. The molecule has 0 N–H and O–H groups in total. The third-order valence-corrected chi connectivity index (χ3v) is 4.86. The van der Waals surface area contributed by atoms with Crippen molar-refractivity contribution < 1.29 is 4.74 Å². The van der Waals surface area contributed by atoms with E-state index < -0.39 is 0 Å². The van der Waals surface area contributed by atoms with Gasteiger partial charge in [0, 0.05) is 22.8 Å². The lowest BCUT2D eigenvalue weighted by Crippen LogP contribution is -2.20. The monoisotopic (exact) mass is 350 g/mol. The summed E-state index contributed by atoms with van der Waals surface area (Å²) in [5, 5.41) is 1.45. The molecule has 0 atom stereocenters. The third-order valence-electron chi connectivity index (χ3n) is 3.82. The second-order valence-corrected chi connectivity index (χ2v) is 6.55. The number of hydrogen-bond acceptors (Lipinski definition) is 6. The molecule has 4 rings (SSSR count). The van der Waals surface area contributed by atoms with Crippen molar-refractivity contribution in [2.24, 2.45) is 0 Å². The van der Waals surface area contributed by atoms with Gasteiger partial charge in [-0.2, -0.15) is 0 Å². The molecular weight excluding hydrogens is 336 g/mol. The van der Waals surface area contributed by atoms with Crippen LogP contribution in [0.4, 0.5) is 0 Å². The summed E-state index contributed by atoms with van der Waals surface area (Å²) in [6.45, 7) is 0.436. The molecular formula is C18H14N4O2S. The largest absolute Gasteiger partial charge is 0.497 e. The van der Waals surface area contributed by atoms with Crippen molar-refractivity contribution in [1.29, 1.82) is 0 Å². The highest BCUT2D eigenvalue weighted by Crippen LogP contribution is 2.28. The fourth-order valence-electron chi connectivity index (χ4n) is 2.56. The molecule has 3 heterocycles. The van der Waals surface area contributed by atoms with Gasteiger partial charge >= 0.3 is 0 Å². The first kappa shape index (κ1) is 15.5. The number of rotatable bonds is 4. The highest BCUT2D eigenvalue weighted by atomic mass is 32.1. The lowest BCUT2D eigenvalue weighted by atomic mass is 10.2. The molecule has 0 aliphatic heterocycles. The van der Waals surface area contributed by atoms with Crippen molar-refractivity contribution >= 4 is 22.2 Å². The Balaban J connectivity index is 1.65. The summed E-state index contributed by atoms with van der Waals surface area (Å²) in [6, 6.07) is 9.45. The van der Waals surface area contributed by atoms with Crippen molar-refractivity contribution in [3.8, 4) is 16.3 Å². The molecule has 0 saturated carbocycles. The van der Waals surface area contributed by atoms with Gasteiger partial charge in [-0.15, -0.1) is 11.3 Å². The van der Waals surface area contributed by atoms with Gasteiger partial charge in [0.15, 0.2) is 0 Å². The van der Waals surface area contributed by atoms with Gasteiger partial charge in [0.1, 0.15) is 10.8 Å². The zero-order valence-corrected chi connectivity index (χ0v) is 14.2. The van der Waals surface area contributed by atoms with Crippen LogP contribution in [0.5, 0.6) is 5.75 Å². The number of nitrogens with zero attached hydrogens (tertiary/aromatic N) is 4. The SMILES string of the molecule is COc1cccc(-c2ncc(Cn3cnc4cnccc4c3=O)s2)c1. The summed E-state index contributed by atoms with van der Waals surface area (Å²) in [6.07, 6.45) is 6.54. The van der Waals surface area contributed by atoms with Crippen molar-refractivity contribution in [2.75, 3.05) is 7.11 Å². The zero-order valence-electron chi connectivity index (χ0n) is 13.4. The molecule has 0 saturated heterocycles. The lowest BCUT2D eigenvalue weighted by molar-refractivity contribution is 0.415. The Morgan fingerprint density at radius 2 is 2.12 bits per heavy atom. The molecule has 0 unspecified atom stereocenters. The van der Waals surface area contributed by atoms with E-state index in [0.717, 1.165) is 21.2 Å². The van der Waals surface area contributed by atoms with Gasteiger partial charge in [-0.25, -0.2) is 9.97 Å². The van der Waals surface area contributed by atoms with E-state index in [1.54, 1.807) is 54.0 Å². The van der Waals surface area contributed by atoms with E-state index in [1.807, 2.05) is 24.3 Å². The number of fused-ring (bicyclic) bond motifs is 1. The van der Waals surface area contributed by atoms with E-state index in [2.05, 4.69) is 15.0 Å². The number of methoxy groups -OCH3 is 1. The maximum atomic E-state index is 12.6. The molecule has 0 fully saturated rings. The molecule has 7 heteroatoms. The molecule has 4 aromatic rings. The smallest absolute Gasteiger partial charge is 0.261 e. The van der Waals surface area contributed by atoms with Gasteiger partial charge in [-0.3, -0.25) is 14.3 Å². The Bertz CT molecular complexity index is 1100. The summed E-state index contributed by atoms with van der Waals surface area (Å²) in [7, 11) is 1.64. The van der Waals surface area contributed by atoms with E-state index in [4.69, 9.17) is 4.74 Å². The molecule has 1 aromatic carbocycles. The fraction of sp³-hybridized carbons (Fsp3) is 0.111. The molecule has 124 valence electrons. The average molecular weight is 350 g/mol. The summed E-state index contributed by atoms with van der Waals surface area (Å²) in [5.41, 5.74) is 1.51. The zero-order chi connectivity index (χ0) is 17.2. The van der Waals surface area contributed by atoms with Gasteiger partial charge in [0.25, 0.3) is 5.56 Å². The molecule has 0 amide bonds. The van der Waals surface area contributed by atoms with Gasteiger partial charge in [0.05, 0.1) is 37.1 Å². The van der Waals surface area contributed by atoms with E-state index >= 15 is 0 Å². The topological polar surface area (TPSA) is 69.9 Å². The molecule has 0 radical (unpaired) electrons. The van der Waals surface area contributed by atoms with E-state index in [1.165, 1.54) is 0 Å². The quantitative estimate of drug-likeness (QED) is 0.566. The highest BCUT2D eigenvalue weighted by molar-refractivity contribution is 7.15. The van der Waals surface area contributed by atoms with E-state index in [9.17, 15) is 4.79 Å². The molecule has 0 aliphatic rings. The Kier molecular flexibility index (Phi) is 3.99. The first-order chi connectivity index (χ1) is 12.2. The van der Waals surface area contributed by atoms with Gasteiger partial charge in [-0.05, 0) is 18.2 Å². The number of hydrogen-bond donors (Lipinski definition) is 0. The number of ether oxygens (including phenoxy) is 1. The standard InChI is InChI=1S/C18H14N4O2S/c1-24-13-4-2-3-12(7-13)17-20-8-14(25-17)10-22-11-21-16-9-19-6-5-15(16)18(22)23/h2-9,11H,10H2,1H3. The maximum Gasteiger partial charge on any atom is 0.261 e. The minimum atomic E-state index is -0.0799. The van der Waals surface area contributed by atoms with Gasteiger partial charge in [-0.1, -0.05) is 12.1 Å². The van der Waals surface area contributed by atoms with Crippen molar-refractivity contribution in [1.82, 2.24) is 19.5 Å². The Hall–Kier alpha value is -3.06. The van der Waals surface area contributed by atoms with Crippen LogP contribution in [0.15, 0.2) is 60.0 Å². The molecule has 3 aromatic heterocycles. The molecule has 0 bridgehead atoms. The van der Waals surface area contributed by atoms with Crippen LogP contribution >= 0.6 is 11.3 Å². The highest BCUT2D eigenvalue weighted by Gasteiger charge is 2.09. The molecule has 6 nitrogen and oxygen atoms in total. The minimum absolute atomic E-state index is 0.0799. The van der Waals surface area contributed by atoms with Crippen LogP contribution in [0, 0.1) is 0 Å². The first-order valence-electron chi connectivity index (χ1n) is 7.63. The summed E-state index contributed by atoms with van der Waals surface area (Å²) >= 11 is 1.55. The van der Waals surface area contributed by atoms with Crippen molar-refractivity contribution in [2.45, 2.75) is 6.54 Å². The Morgan fingerprint density at radius 3 is 3.00 bits per heavy atom. The van der Waals surface area contributed by atoms with Crippen LogP contribution in [0.1, 0.15) is 4.88 Å². The van der Waals surface area contributed by atoms with Gasteiger partial charge in [0.2, 0.25) is 0 Å². The summed E-state index contributed by atoms with van der Waals surface area (Å²) in [5.74, 6) is 0.790. The Morgan fingerprint density at radius 1 is 1.20 bits per heavy atom. The maximum absolute atomic E-state index is 12.6. The van der Waals surface area contributed by atoms with Crippen LogP contribution in [0.3, 0.4) is 0 Å². The molecule has 0 aliphatic carbocycles. The van der Waals surface area contributed by atoms with Crippen LogP contribution in [-0.2, 0) is 6.54 Å². The normalized spacial score (nSPS) is 10.9. The third kappa shape index (κ3) is 3.01. The predicted octanol–water partition coefficient (Wildman–Crippen LogP) is 2.97. The average Bonchev–Trinajstić information content (AvgIpc) is 3.13. The van der Waals surface area contributed by atoms with E-state index in [0.29, 0.717) is 17.4 Å². The van der Waals surface area contributed by atoms with Crippen molar-refractivity contribution in [3.05, 3.63) is 70.5 Å². The minimum Gasteiger partial charge on any atom is -0.497 e. The summed E-state index contributed by atoms with van der Waals surface area (Å²) < 4.78 is 6.84. The second kappa shape index (κ2) is 6.45. The molecule has 0 spiro atoms. The van der Waals surface area contributed by atoms with Crippen LogP contribution in [0.25, 0.3) is 21.5 Å². The van der Waals surface area contributed by atoms with E-state index in [-0.39, 0.29) is 5.56 Å². The second-order valence-electron chi connectivity index (χ2n) is 5.43. The Labute approximate surface area is 147 Å². The van der Waals surface area contributed by atoms with Gasteiger partial charge < -0.3 is 4.74 Å². The fourth-order valence-corrected chi connectivity index (χ4v) is 3.47. The van der Waals surface area contributed by atoms with Crippen molar-refractivity contribution in [3.63, 3.8) is 0 Å². The number of thiazole rings is 1. The number of aromatic nitrogens is 4. The first-order valence-corrected chi connectivity index (χ1v) is 8.44. The molecule has 25 heavy (non-hydrogen) atoms. The summed E-state index contributed by atoms with van der Waals surface area (Å²) in [4.78, 5) is 26.3. The predicted molar refractivity (Wildman–Crippen MR) is 97.0 cm³/mol. The van der Waals surface area contributed by atoms with Crippen LogP contribution < -0.4 is 10.3 Å². The number of benzene rings is 1. The van der Waals surface area contributed by atoms with Crippen LogP contribution in [-0.4, -0.2) is 26.6 Å².